The summed E-state index contributed by atoms with van der Waals surface area (Å²) >= 11 is 1.24. The van der Waals surface area contributed by atoms with E-state index in [1.807, 2.05) is 24.3 Å². The van der Waals surface area contributed by atoms with Crippen molar-refractivity contribution in [2.24, 2.45) is 4.99 Å². The molecule has 1 atom stereocenters. The van der Waals surface area contributed by atoms with Crippen molar-refractivity contribution >= 4 is 23.4 Å². The van der Waals surface area contributed by atoms with Gasteiger partial charge in [-0.3, -0.25) is 9.36 Å². The molecule has 4 aromatic rings. The Labute approximate surface area is 245 Å². The van der Waals surface area contributed by atoms with Gasteiger partial charge >= 0.3 is 5.97 Å². The first-order chi connectivity index (χ1) is 20.3. The molecule has 0 radical (unpaired) electrons. The molecule has 1 aliphatic rings. The highest BCUT2D eigenvalue weighted by Gasteiger charge is 2.33. The van der Waals surface area contributed by atoms with Crippen LogP contribution in [-0.2, 0) is 16.1 Å². The molecule has 10 heteroatoms. The third-order valence-electron chi connectivity index (χ3n) is 6.74. The van der Waals surface area contributed by atoms with Gasteiger partial charge in [0.1, 0.15) is 18.2 Å². The summed E-state index contributed by atoms with van der Waals surface area (Å²) in [4.78, 5) is 32.1. The topological polar surface area (TPSA) is 88.4 Å². The molecule has 1 aliphatic heterocycles. The Morgan fingerprint density at radius 3 is 2.40 bits per heavy atom. The molecule has 0 N–H and O–H groups in total. The normalized spacial score (nSPS) is 14.7. The van der Waals surface area contributed by atoms with Gasteiger partial charge in [-0.05, 0) is 73.0 Å². The number of methoxy groups -OCH3 is 2. The lowest BCUT2D eigenvalue weighted by Gasteiger charge is -2.25. The first-order valence-electron chi connectivity index (χ1n) is 13.2. The van der Waals surface area contributed by atoms with E-state index in [-0.39, 0.29) is 23.6 Å². The molecule has 1 aromatic heterocycles. The zero-order valence-corrected chi connectivity index (χ0v) is 24.4. The lowest BCUT2D eigenvalue weighted by atomic mass is 9.95. The maximum atomic E-state index is 13.9. The number of aromatic nitrogens is 1. The average molecular weight is 589 g/mol. The molecule has 0 aliphatic carbocycles. The van der Waals surface area contributed by atoms with Crippen LogP contribution in [0, 0.1) is 5.82 Å². The van der Waals surface area contributed by atoms with Crippen LogP contribution in [-0.4, -0.2) is 31.4 Å². The predicted octanol–water partition coefficient (Wildman–Crippen LogP) is 4.53. The number of ether oxygens (including phenoxy) is 4. The van der Waals surface area contributed by atoms with Gasteiger partial charge < -0.3 is 18.9 Å². The molecule has 3 aromatic carbocycles. The second-order valence-corrected chi connectivity index (χ2v) is 10.4. The van der Waals surface area contributed by atoms with Gasteiger partial charge in [0, 0.05) is 0 Å². The third-order valence-corrected chi connectivity index (χ3v) is 7.72. The van der Waals surface area contributed by atoms with Crippen molar-refractivity contribution in [2.75, 3.05) is 20.8 Å². The summed E-state index contributed by atoms with van der Waals surface area (Å²) in [6, 6.07) is 18.0. The number of hydrogen-bond donors (Lipinski definition) is 0. The molecule has 0 spiro atoms. The first-order valence-corrected chi connectivity index (χ1v) is 14.0. The van der Waals surface area contributed by atoms with Crippen LogP contribution < -0.4 is 29.1 Å². The summed E-state index contributed by atoms with van der Waals surface area (Å²) in [6.07, 6.45) is 1.78. The molecular formula is C32H29FN2O6S. The summed E-state index contributed by atoms with van der Waals surface area (Å²) in [5, 5.41) is 0. The number of allylic oxidation sites excluding steroid dienone is 1. The van der Waals surface area contributed by atoms with E-state index in [4.69, 9.17) is 18.9 Å². The first kappa shape index (κ1) is 28.8. The molecule has 0 fully saturated rings. The number of carbonyl (C=O) groups excluding carboxylic acids is 1. The molecule has 0 saturated carbocycles. The van der Waals surface area contributed by atoms with Crippen molar-refractivity contribution in [2.45, 2.75) is 26.5 Å². The SMILES string of the molecule is CCOC(=O)C1=C(C)N=c2s/c(=C\c3ccc(OCc4ccc(F)cc4)cc3)c(=O)n2[C@H]1c1ccc(OC)c(OC)c1. The van der Waals surface area contributed by atoms with Crippen LogP contribution in [0.15, 0.2) is 87.8 Å². The van der Waals surface area contributed by atoms with E-state index in [1.54, 1.807) is 57.4 Å². The molecule has 0 saturated heterocycles. The maximum Gasteiger partial charge on any atom is 0.338 e. The van der Waals surface area contributed by atoms with E-state index in [0.29, 0.717) is 44.4 Å². The zero-order valence-electron chi connectivity index (χ0n) is 23.5. The van der Waals surface area contributed by atoms with Crippen molar-refractivity contribution in [3.05, 3.63) is 120 Å². The number of hydrogen-bond acceptors (Lipinski definition) is 8. The van der Waals surface area contributed by atoms with Gasteiger partial charge in [0.25, 0.3) is 5.56 Å². The number of halogens is 1. The van der Waals surface area contributed by atoms with Crippen molar-refractivity contribution < 1.29 is 28.1 Å². The number of carbonyl (C=O) groups is 1. The third kappa shape index (κ3) is 5.84. The smallest absolute Gasteiger partial charge is 0.338 e. The monoisotopic (exact) mass is 588 g/mol. The number of fused-ring (bicyclic) bond motifs is 1. The number of rotatable bonds is 9. The molecule has 0 bridgehead atoms. The Hall–Kier alpha value is -4.70. The fourth-order valence-corrected chi connectivity index (χ4v) is 5.74. The van der Waals surface area contributed by atoms with E-state index in [9.17, 15) is 14.0 Å². The van der Waals surface area contributed by atoms with Gasteiger partial charge in [-0.2, -0.15) is 0 Å². The molecule has 42 heavy (non-hydrogen) atoms. The van der Waals surface area contributed by atoms with Crippen LogP contribution in [0.2, 0.25) is 0 Å². The van der Waals surface area contributed by atoms with E-state index < -0.39 is 12.0 Å². The van der Waals surface area contributed by atoms with E-state index in [0.717, 1.165) is 11.1 Å². The highest BCUT2D eigenvalue weighted by atomic mass is 32.1. The summed E-state index contributed by atoms with van der Waals surface area (Å²) in [5.74, 6) is 0.801. The summed E-state index contributed by atoms with van der Waals surface area (Å²) < 4.78 is 37.2. The fraction of sp³-hybridized carbons (Fsp3) is 0.219. The van der Waals surface area contributed by atoms with Gasteiger partial charge in [-0.25, -0.2) is 14.2 Å². The summed E-state index contributed by atoms with van der Waals surface area (Å²) in [5.41, 5.74) is 2.76. The van der Waals surface area contributed by atoms with Gasteiger partial charge in [-0.15, -0.1) is 0 Å². The van der Waals surface area contributed by atoms with Gasteiger partial charge in [-0.1, -0.05) is 41.7 Å². The Morgan fingerprint density at radius 2 is 1.74 bits per heavy atom. The van der Waals surface area contributed by atoms with Crippen LogP contribution in [0.4, 0.5) is 4.39 Å². The van der Waals surface area contributed by atoms with Crippen molar-refractivity contribution in [1.29, 1.82) is 0 Å². The quantitative estimate of drug-likeness (QED) is 0.267. The zero-order chi connectivity index (χ0) is 29.8. The average Bonchev–Trinajstić information content (AvgIpc) is 3.30. The van der Waals surface area contributed by atoms with Crippen molar-refractivity contribution in [1.82, 2.24) is 4.57 Å². The molecular weight excluding hydrogens is 559 g/mol. The largest absolute Gasteiger partial charge is 0.493 e. The van der Waals surface area contributed by atoms with Crippen LogP contribution in [0.25, 0.3) is 6.08 Å². The van der Waals surface area contributed by atoms with Gasteiger partial charge in [0.05, 0.1) is 42.7 Å². The molecule has 0 amide bonds. The number of thiazole rings is 1. The Morgan fingerprint density at radius 1 is 1.02 bits per heavy atom. The molecule has 0 unspecified atom stereocenters. The van der Waals surface area contributed by atoms with Gasteiger partial charge in [0.15, 0.2) is 16.3 Å². The van der Waals surface area contributed by atoms with Gasteiger partial charge in [0.2, 0.25) is 0 Å². The van der Waals surface area contributed by atoms with E-state index in [1.165, 1.54) is 35.1 Å². The lowest BCUT2D eigenvalue weighted by Crippen LogP contribution is -2.39. The van der Waals surface area contributed by atoms with Crippen LogP contribution in [0.1, 0.15) is 36.6 Å². The molecule has 216 valence electrons. The fourth-order valence-electron chi connectivity index (χ4n) is 4.69. The minimum Gasteiger partial charge on any atom is -0.493 e. The second-order valence-electron chi connectivity index (χ2n) is 9.40. The van der Waals surface area contributed by atoms with Crippen LogP contribution in [0.3, 0.4) is 0 Å². The van der Waals surface area contributed by atoms with Crippen molar-refractivity contribution in [3.63, 3.8) is 0 Å². The molecule has 5 rings (SSSR count). The lowest BCUT2D eigenvalue weighted by molar-refractivity contribution is -0.139. The minimum absolute atomic E-state index is 0.183. The van der Waals surface area contributed by atoms with Crippen LogP contribution >= 0.6 is 11.3 Å². The van der Waals surface area contributed by atoms with E-state index >= 15 is 0 Å². The summed E-state index contributed by atoms with van der Waals surface area (Å²) in [6.45, 7) is 3.95. The van der Waals surface area contributed by atoms with Crippen LogP contribution in [0.5, 0.6) is 17.2 Å². The minimum atomic E-state index is -0.774. The predicted molar refractivity (Wildman–Crippen MR) is 157 cm³/mol. The van der Waals surface area contributed by atoms with Crippen molar-refractivity contribution in [3.8, 4) is 17.2 Å². The Kier molecular flexibility index (Phi) is 8.53. The second kappa shape index (κ2) is 12.4. The Bertz CT molecular complexity index is 1820. The molecule has 2 heterocycles. The molecule has 8 nitrogen and oxygen atoms in total. The number of nitrogens with zero attached hydrogens (tertiary/aromatic N) is 2. The number of benzene rings is 3. The maximum absolute atomic E-state index is 13.9. The number of esters is 1. The standard InChI is InChI=1S/C32H29FN2O6S/c1-5-40-31(37)28-19(2)34-32-35(29(28)22-10-15-25(38-3)26(17-22)39-4)30(36)27(42-32)16-20-8-13-24(14-9-20)41-18-21-6-11-23(33)12-7-21/h6-17,29H,5,18H2,1-4H3/b27-16-/t29-/m0/s1. The summed E-state index contributed by atoms with van der Waals surface area (Å²) in [7, 11) is 3.07. The van der Waals surface area contributed by atoms with E-state index in [2.05, 4.69) is 4.99 Å². The highest BCUT2D eigenvalue weighted by Crippen LogP contribution is 2.36. The Balaban J connectivity index is 1.52. The highest BCUT2D eigenvalue weighted by molar-refractivity contribution is 7.07.